The molecule has 0 fully saturated rings. The summed E-state index contributed by atoms with van der Waals surface area (Å²) >= 11 is 1.87. The summed E-state index contributed by atoms with van der Waals surface area (Å²) in [5.74, 6) is 0. The van der Waals surface area contributed by atoms with Crippen LogP contribution in [-0.2, 0) is 5.41 Å². The van der Waals surface area contributed by atoms with E-state index in [2.05, 4.69) is 414 Å². The van der Waals surface area contributed by atoms with Crippen molar-refractivity contribution in [3.05, 3.63) is 424 Å². The van der Waals surface area contributed by atoms with Crippen molar-refractivity contribution in [2.75, 3.05) is 0 Å². The number of nitrogens with zero attached hydrogens (tertiary/aromatic N) is 4. The van der Waals surface area contributed by atoms with Gasteiger partial charge in [-0.2, -0.15) is 0 Å². The third kappa shape index (κ3) is 10.7. The first-order chi connectivity index (χ1) is 65.1. The number of rotatable bonds is 8. The first kappa shape index (κ1) is 73.1. The van der Waals surface area contributed by atoms with Crippen LogP contribution in [-0.4, -0.2) is 18.3 Å². The predicted molar refractivity (Wildman–Crippen MR) is 552 cm³/mol. The first-order valence-electron chi connectivity index (χ1n) is 45.2. The molecule has 0 bridgehead atoms. The van der Waals surface area contributed by atoms with Crippen LogP contribution in [0.3, 0.4) is 0 Å². The average Bonchev–Trinajstić information content (AvgIpc) is 1.55. The normalized spacial score (nSPS) is 12.8. The lowest BCUT2D eigenvalue weighted by atomic mass is 9.82. The maximum Gasteiger partial charge on any atom is 0.137 e. The molecule has 29 aromatic rings. The van der Waals surface area contributed by atoms with E-state index in [1.54, 1.807) is 0 Å². The standard InChI is InChI=1S/C63H40N2O2.C60H34N2O2S/c1-63(2)53-17-9-6-14-43(53)46-33-49-47-30-39(22-27-55(47)64(57(49)35-54(46)63)41-12-4-3-5-13-41)40-23-28-56-48(31-40)50-34-52-45-16-8-11-19-60(45)67-62(52)36-58(50)65(56)42-25-20-37(21-26-42)38-24-29-61-51(32-38)44-15-7-10-18-59(44)66-61;1-2-11-38(12-3-1)61-51-27-23-36(29-45(51)47-31-49-41-13-4-7-18-55(41)63-57(49)33-53(47)61)37-24-28-52-46(30-37)48-32-50-42-14-5-8-19-56(42)64-58(50)34-54(48)62(52)39-25-21-35(22-26-39)40-16-10-17-44-43-15-6-9-20-59(43)65-60(40)44/h3-36H,1-2H3;1-34H. The molecule has 30 rings (SSSR count). The third-order valence-corrected chi connectivity index (χ3v) is 29.9. The van der Waals surface area contributed by atoms with Gasteiger partial charge in [-0.15, -0.1) is 11.3 Å². The number of aromatic nitrogens is 4. The van der Waals surface area contributed by atoms with E-state index in [1.807, 2.05) is 41.7 Å². The largest absolute Gasteiger partial charge is 0.456 e. The number of furan rings is 4. The fraction of sp³-hybridized carbons (Fsp3) is 0.0244. The van der Waals surface area contributed by atoms with Crippen molar-refractivity contribution in [3.63, 3.8) is 0 Å². The van der Waals surface area contributed by atoms with Crippen LogP contribution in [0.5, 0.6) is 0 Å². The number of fused-ring (bicyclic) bond motifs is 30. The molecule has 0 N–H and O–H groups in total. The fourth-order valence-electron chi connectivity index (χ4n) is 22.4. The Bertz CT molecular complexity index is 10000. The Labute approximate surface area is 758 Å². The minimum atomic E-state index is -0.0978. The van der Waals surface area contributed by atoms with Crippen LogP contribution < -0.4 is 0 Å². The number of thiophene rings is 1. The van der Waals surface area contributed by atoms with E-state index in [4.69, 9.17) is 17.7 Å². The zero-order valence-electron chi connectivity index (χ0n) is 71.6. The molecule has 0 unspecified atom stereocenters. The van der Waals surface area contributed by atoms with Crippen LogP contribution in [0.15, 0.2) is 430 Å². The van der Waals surface area contributed by atoms with Crippen molar-refractivity contribution in [1.82, 2.24) is 18.3 Å². The van der Waals surface area contributed by atoms with Gasteiger partial charge in [-0.3, -0.25) is 0 Å². The third-order valence-electron chi connectivity index (χ3n) is 28.6. The van der Waals surface area contributed by atoms with E-state index in [9.17, 15) is 0 Å². The molecule has 616 valence electrons. The van der Waals surface area contributed by atoms with Crippen LogP contribution >= 0.6 is 11.3 Å². The highest BCUT2D eigenvalue weighted by molar-refractivity contribution is 7.26. The van der Waals surface area contributed by atoms with Gasteiger partial charge >= 0.3 is 0 Å². The smallest absolute Gasteiger partial charge is 0.137 e. The molecule has 0 spiro atoms. The molecule has 132 heavy (non-hydrogen) atoms. The lowest BCUT2D eigenvalue weighted by Crippen LogP contribution is -2.14. The van der Waals surface area contributed by atoms with Gasteiger partial charge in [0.05, 0.1) is 44.1 Å². The Morgan fingerprint density at radius 1 is 0.182 bits per heavy atom. The highest BCUT2D eigenvalue weighted by Gasteiger charge is 2.37. The number of hydrogen-bond acceptors (Lipinski definition) is 5. The summed E-state index contributed by atoms with van der Waals surface area (Å²) in [5.41, 5.74) is 35.7. The van der Waals surface area contributed by atoms with E-state index in [0.29, 0.717) is 0 Å². The molecule has 0 radical (unpaired) electrons. The van der Waals surface area contributed by atoms with Gasteiger partial charge < -0.3 is 35.9 Å². The average molecular weight is 1700 g/mol. The molecular weight excluding hydrogens is 1630 g/mol. The predicted octanol–water partition coefficient (Wildman–Crippen LogP) is 34.7. The molecule has 0 aliphatic heterocycles. The highest BCUT2D eigenvalue weighted by Crippen LogP contribution is 2.53. The van der Waals surface area contributed by atoms with Crippen molar-refractivity contribution in [2.24, 2.45) is 0 Å². The van der Waals surface area contributed by atoms with Crippen LogP contribution in [0.2, 0.25) is 0 Å². The Balaban J connectivity index is 0.000000129. The molecule has 1 aliphatic rings. The second-order valence-corrected chi connectivity index (χ2v) is 37.2. The topological polar surface area (TPSA) is 72.3 Å². The van der Waals surface area contributed by atoms with Gasteiger partial charge in [0.15, 0.2) is 0 Å². The fourth-order valence-corrected chi connectivity index (χ4v) is 23.6. The Kier molecular flexibility index (Phi) is 15.2. The zero-order chi connectivity index (χ0) is 86.5. The molecule has 1 aliphatic carbocycles. The molecule has 0 saturated carbocycles. The van der Waals surface area contributed by atoms with Gasteiger partial charge in [-0.25, -0.2) is 0 Å². The SMILES string of the molecule is CC1(C)c2ccccc2-c2cc3c4cc(-c5ccc6c(c5)c5cc7c(cc5n6-c5ccc(-c6ccc8oc9ccccc9c8c6)cc5)oc5ccccc57)ccc4n(-c4ccccc4)c3cc21.c1ccc(-n2c3ccc(-c4ccc5c(c4)c4cc6c(cc4n5-c4ccc(-c5cccc7c5sc5ccccc57)cc4)oc4ccccc46)cc3c3cc4c(cc32)oc2ccccc24)cc1. The van der Waals surface area contributed by atoms with Gasteiger partial charge in [0, 0.05) is 153 Å². The molecule has 8 nitrogen and oxygen atoms in total. The van der Waals surface area contributed by atoms with Gasteiger partial charge in [-0.1, -0.05) is 238 Å². The second kappa shape index (κ2) is 27.5. The Morgan fingerprint density at radius 3 is 0.970 bits per heavy atom. The summed E-state index contributed by atoms with van der Waals surface area (Å²) in [6, 6.07) is 150. The molecule has 9 heterocycles. The lowest BCUT2D eigenvalue weighted by Gasteiger charge is -2.21. The quantitative estimate of drug-likeness (QED) is 0.152. The first-order valence-corrected chi connectivity index (χ1v) is 46.0. The van der Waals surface area contributed by atoms with Gasteiger partial charge in [-0.05, 0) is 237 Å². The van der Waals surface area contributed by atoms with Crippen molar-refractivity contribution >= 4 is 206 Å². The summed E-state index contributed by atoms with van der Waals surface area (Å²) in [5, 5.41) is 21.3. The molecule has 20 aromatic carbocycles. The number of benzene rings is 20. The monoisotopic (exact) mass is 1700 g/mol. The Hall–Kier alpha value is -17.0. The number of hydrogen-bond donors (Lipinski definition) is 0. The molecule has 0 atom stereocenters. The Morgan fingerprint density at radius 2 is 0.500 bits per heavy atom. The van der Waals surface area contributed by atoms with Gasteiger partial charge in [0.2, 0.25) is 0 Å². The van der Waals surface area contributed by atoms with Crippen LogP contribution in [0.4, 0.5) is 0 Å². The molecule has 0 saturated heterocycles. The van der Waals surface area contributed by atoms with Crippen molar-refractivity contribution in [2.45, 2.75) is 19.3 Å². The van der Waals surface area contributed by atoms with Crippen LogP contribution in [0.25, 0.3) is 274 Å². The molecule has 9 heteroatoms. The van der Waals surface area contributed by atoms with Crippen molar-refractivity contribution in [3.8, 4) is 78.4 Å². The van der Waals surface area contributed by atoms with Crippen LogP contribution in [0, 0.1) is 0 Å². The minimum Gasteiger partial charge on any atom is -0.456 e. The van der Waals surface area contributed by atoms with E-state index in [0.717, 1.165) is 160 Å². The molecular formula is C123H74N4O4S. The number of para-hydroxylation sites is 6. The summed E-state index contributed by atoms with van der Waals surface area (Å²) in [4.78, 5) is 0. The summed E-state index contributed by atoms with van der Waals surface area (Å²) < 4.78 is 37.9. The van der Waals surface area contributed by atoms with Crippen molar-refractivity contribution < 1.29 is 17.7 Å². The van der Waals surface area contributed by atoms with E-state index in [1.165, 1.54) is 124 Å². The molecule has 0 amide bonds. The summed E-state index contributed by atoms with van der Waals surface area (Å²) in [6.07, 6.45) is 0. The van der Waals surface area contributed by atoms with Gasteiger partial charge in [0.25, 0.3) is 0 Å². The second-order valence-electron chi connectivity index (χ2n) is 36.1. The van der Waals surface area contributed by atoms with E-state index < -0.39 is 0 Å². The van der Waals surface area contributed by atoms with E-state index in [-0.39, 0.29) is 5.41 Å². The maximum atomic E-state index is 6.52. The maximum absolute atomic E-state index is 6.52. The summed E-state index contributed by atoms with van der Waals surface area (Å²) in [6.45, 7) is 4.73. The zero-order valence-corrected chi connectivity index (χ0v) is 72.4. The van der Waals surface area contributed by atoms with E-state index >= 15 is 0 Å². The lowest BCUT2D eigenvalue weighted by molar-refractivity contribution is 0.661. The van der Waals surface area contributed by atoms with Crippen LogP contribution in [0.1, 0.15) is 25.0 Å². The van der Waals surface area contributed by atoms with Crippen molar-refractivity contribution in [1.29, 1.82) is 0 Å². The molecule has 9 aromatic heterocycles. The highest BCUT2D eigenvalue weighted by atomic mass is 32.1. The minimum absolute atomic E-state index is 0.0978. The van der Waals surface area contributed by atoms with Gasteiger partial charge in [0.1, 0.15) is 44.7 Å². The summed E-state index contributed by atoms with van der Waals surface area (Å²) in [7, 11) is 0.